The Labute approximate surface area is 81.3 Å². The highest BCUT2D eigenvalue weighted by molar-refractivity contribution is 6.20. The highest BCUT2D eigenvalue weighted by Gasteiger charge is 2.03. The number of aromatic amines is 1. The topological polar surface area (TPSA) is 57.8 Å². The number of aromatic nitrogens is 2. The van der Waals surface area contributed by atoms with E-state index in [9.17, 15) is 4.79 Å². The van der Waals surface area contributed by atoms with Gasteiger partial charge in [-0.3, -0.25) is 4.79 Å². The summed E-state index contributed by atoms with van der Waals surface area (Å²) < 4.78 is 0. The summed E-state index contributed by atoms with van der Waals surface area (Å²) in [6.07, 6.45) is 3.88. The summed E-state index contributed by atoms with van der Waals surface area (Å²) in [6, 6.07) is 0. The molecule has 0 saturated heterocycles. The van der Waals surface area contributed by atoms with Crippen molar-refractivity contribution in [3.8, 4) is 0 Å². The summed E-state index contributed by atoms with van der Waals surface area (Å²) in [5.41, 5.74) is -0.220. The number of anilines is 1. The van der Waals surface area contributed by atoms with Gasteiger partial charge in [-0.25, -0.2) is 4.98 Å². The van der Waals surface area contributed by atoms with Crippen LogP contribution in [0.25, 0.3) is 0 Å². The Morgan fingerprint density at radius 1 is 1.77 bits per heavy atom. The summed E-state index contributed by atoms with van der Waals surface area (Å²) >= 11 is 5.86. The van der Waals surface area contributed by atoms with Gasteiger partial charge in [0.25, 0.3) is 5.56 Å². The fourth-order valence-corrected chi connectivity index (χ4v) is 0.907. The standard InChI is InChI=1S/C8H12ClN3O/c1-2-6(9)5-12-7-8(13)11-4-3-10-7/h3-4,6H,2,5H2,1H3,(H,10,12)(H,11,13). The minimum absolute atomic E-state index is 0.0291. The first-order chi connectivity index (χ1) is 6.24. The van der Waals surface area contributed by atoms with E-state index < -0.39 is 0 Å². The van der Waals surface area contributed by atoms with Gasteiger partial charge in [-0.15, -0.1) is 11.6 Å². The predicted octanol–water partition coefficient (Wildman–Crippen LogP) is 1.20. The quantitative estimate of drug-likeness (QED) is 0.720. The Balaban J connectivity index is 2.55. The minimum Gasteiger partial charge on any atom is -0.364 e. The van der Waals surface area contributed by atoms with E-state index >= 15 is 0 Å². The Kier molecular flexibility index (Phi) is 3.76. The third-order valence-electron chi connectivity index (χ3n) is 1.64. The first kappa shape index (κ1) is 10.1. The number of nitrogens with one attached hydrogen (secondary N) is 2. The Morgan fingerprint density at radius 2 is 2.54 bits per heavy atom. The van der Waals surface area contributed by atoms with Gasteiger partial charge in [0, 0.05) is 18.9 Å². The molecule has 13 heavy (non-hydrogen) atoms. The SMILES string of the molecule is CCC(Cl)CNc1ncc[nH]c1=O. The van der Waals surface area contributed by atoms with Gasteiger partial charge in [0.2, 0.25) is 0 Å². The van der Waals surface area contributed by atoms with Gasteiger partial charge < -0.3 is 10.3 Å². The van der Waals surface area contributed by atoms with E-state index in [0.717, 1.165) is 6.42 Å². The third-order valence-corrected chi connectivity index (χ3v) is 2.10. The Morgan fingerprint density at radius 3 is 3.15 bits per heavy atom. The second kappa shape index (κ2) is 4.87. The number of nitrogens with zero attached hydrogens (tertiary/aromatic N) is 1. The van der Waals surface area contributed by atoms with Gasteiger partial charge in [0.1, 0.15) is 0 Å². The molecule has 0 aliphatic carbocycles. The monoisotopic (exact) mass is 201 g/mol. The molecule has 4 nitrogen and oxygen atoms in total. The van der Waals surface area contributed by atoms with E-state index in [1.54, 1.807) is 0 Å². The number of H-pyrrole nitrogens is 1. The summed E-state index contributed by atoms with van der Waals surface area (Å²) in [5, 5.41) is 2.91. The van der Waals surface area contributed by atoms with Crippen molar-refractivity contribution in [2.24, 2.45) is 0 Å². The Hall–Kier alpha value is -1.03. The molecule has 0 amide bonds. The van der Waals surface area contributed by atoms with Crippen LogP contribution in [0, 0.1) is 0 Å². The molecule has 0 radical (unpaired) electrons. The fourth-order valence-electron chi connectivity index (χ4n) is 0.829. The van der Waals surface area contributed by atoms with Crippen LogP contribution in [0.1, 0.15) is 13.3 Å². The molecular weight excluding hydrogens is 190 g/mol. The zero-order valence-electron chi connectivity index (χ0n) is 7.38. The first-order valence-electron chi connectivity index (χ1n) is 4.15. The number of rotatable bonds is 4. The van der Waals surface area contributed by atoms with Crippen molar-refractivity contribution in [3.05, 3.63) is 22.7 Å². The van der Waals surface area contributed by atoms with Gasteiger partial charge in [-0.1, -0.05) is 6.92 Å². The van der Waals surface area contributed by atoms with E-state index in [2.05, 4.69) is 15.3 Å². The highest BCUT2D eigenvalue weighted by Crippen LogP contribution is 2.01. The molecular formula is C8H12ClN3O. The molecule has 0 fully saturated rings. The molecule has 1 unspecified atom stereocenters. The lowest BCUT2D eigenvalue weighted by atomic mass is 10.3. The highest BCUT2D eigenvalue weighted by atomic mass is 35.5. The van der Waals surface area contributed by atoms with Crippen molar-refractivity contribution >= 4 is 17.4 Å². The van der Waals surface area contributed by atoms with Gasteiger partial charge in [0.05, 0.1) is 5.38 Å². The first-order valence-corrected chi connectivity index (χ1v) is 4.59. The van der Waals surface area contributed by atoms with Crippen LogP contribution in [0.15, 0.2) is 17.2 Å². The van der Waals surface area contributed by atoms with E-state index in [-0.39, 0.29) is 10.9 Å². The molecule has 0 spiro atoms. The van der Waals surface area contributed by atoms with Crippen LogP contribution in [0.5, 0.6) is 0 Å². The molecule has 1 rings (SSSR count). The van der Waals surface area contributed by atoms with Crippen molar-refractivity contribution in [3.63, 3.8) is 0 Å². The predicted molar refractivity (Wildman–Crippen MR) is 53.3 cm³/mol. The molecule has 0 saturated carbocycles. The largest absolute Gasteiger partial charge is 0.364 e. The van der Waals surface area contributed by atoms with Crippen LogP contribution >= 0.6 is 11.6 Å². The van der Waals surface area contributed by atoms with Crippen molar-refractivity contribution in [2.75, 3.05) is 11.9 Å². The summed E-state index contributed by atoms with van der Waals surface area (Å²) in [6.45, 7) is 2.54. The molecule has 72 valence electrons. The average molecular weight is 202 g/mol. The maximum absolute atomic E-state index is 11.1. The number of alkyl halides is 1. The van der Waals surface area contributed by atoms with Crippen LogP contribution < -0.4 is 10.9 Å². The number of halogens is 1. The number of hydrogen-bond acceptors (Lipinski definition) is 3. The van der Waals surface area contributed by atoms with Crippen molar-refractivity contribution in [1.29, 1.82) is 0 Å². The zero-order valence-corrected chi connectivity index (χ0v) is 8.14. The molecule has 1 aromatic rings. The molecule has 0 aromatic carbocycles. The lowest BCUT2D eigenvalue weighted by Crippen LogP contribution is -2.20. The van der Waals surface area contributed by atoms with Crippen molar-refractivity contribution in [2.45, 2.75) is 18.7 Å². The fraction of sp³-hybridized carbons (Fsp3) is 0.500. The molecule has 5 heteroatoms. The van der Waals surface area contributed by atoms with Crippen LogP contribution in [-0.2, 0) is 0 Å². The van der Waals surface area contributed by atoms with Crippen LogP contribution in [-0.4, -0.2) is 21.9 Å². The van der Waals surface area contributed by atoms with Crippen molar-refractivity contribution < 1.29 is 0 Å². The summed E-state index contributed by atoms with van der Waals surface area (Å²) in [7, 11) is 0. The molecule has 0 aliphatic heterocycles. The molecule has 0 bridgehead atoms. The second-order valence-electron chi connectivity index (χ2n) is 2.65. The summed E-state index contributed by atoms with van der Waals surface area (Å²) in [5.74, 6) is 0.321. The average Bonchev–Trinajstić information content (AvgIpc) is 2.16. The lowest BCUT2D eigenvalue weighted by molar-refractivity contribution is 0.838. The number of hydrogen-bond donors (Lipinski definition) is 2. The molecule has 1 heterocycles. The second-order valence-corrected chi connectivity index (χ2v) is 3.27. The van der Waals surface area contributed by atoms with E-state index in [1.165, 1.54) is 12.4 Å². The van der Waals surface area contributed by atoms with E-state index in [4.69, 9.17) is 11.6 Å². The van der Waals surface area contributed by atoms with Gasteiger partial charge in [0.15, 0.2) is 5.82 Å². The molecule has 1 aromatic heterocycles. The molecule has 2 N–H and O–H groups in total. The molecule has 1 atom stereocenters. The van der Waals surface area contributed by atoms with E-state index in [0.29, 0.717) is 12.4 Å². The Bertz CT molecular complexity index is 312. The van der Waals surface area contributed by atoms with Gasteiger partial charge in [-0.2, -0.15) is 0 Å². The maximum atomic E-state index is 11.1. The third kappa shape index (κ3) is 3.06. The zero-order chi connectivity index (χ0) is 9.68. The van der Waals surface area contributed by atoms with Crippen LogP contribution in [0.3, 0.4) is 0 Å². The smallest absolute Gasteiger partial charge is 0.290 e. The summed E-state index contributed by atoms with van der Waals surface area (Å²) in [4.78, 5) is 17.5. The van der Waals surface area contributed by atoms with Crippen LogP contribution in [0.4, 0.5) is 5.82 Å². The van der Waals surface area contributed by atoms with E-state index in [1.807, 2.05) is 6.92 Å². The molecule has 0 aliphatic rings. The normalized spacial score (nSPS) is 12.5. The maximum Gasteiger partial charge on any atom is 0.290 e. The van der Waals surface area contributed by atoms with Crippen LogP contribution in [0.2, 0.25) is 0 Å². The van der Waals surface area contributed by atoms with Gasteiger partial charge >= 0.3 is 0 Å². The van der Waals surface area contributed by atoms with Gasteiger partial charge in [-0.05, 0) is 6.42 Å². The minimum atomic E-state index is -0.220. The van der Waals surface area contributed by atoms with Crippen molar-refractivity contribution in [1.82, 2.24) is 9.97 Å². The lowest BCUT2D eigenvalue weighted by Gasteiger charge is -2.07.